The predicted octanol–water partition coefficient (Wildman–Crippen LogP) is -0.550. The molecule has 4 unspecified atom stereocenters. The summed E-state index contributed by atoms with van der Waals surface area (Å²) in [6, 6.07) is 1.77. The fourth-order valence-corrected chi connectivity index (χ4v) is 4.04. The van der Waals surface area contributed by atoms with Gasteiger partial charge in [0.1, 0.15) is 23.9 Å². The van der Waals surface area contributed by atoms with Crippen molar-refractivity contribution < 1.29 is 29.4 Å². The average Bonchev–Trinajstić information content (AvgIpc) is 3.38. The molecule has 4 atom stereocenters. The van der Waals surface area contributed by atoms with E-state index >= 15 is 0 Å². The van der Waals surface area contributed by atoms with E-state index in [1.54, 1.807) is 12.1 Å². The Morgan fingerprint density at radius 3 is 2.22 bits per heavy atom. The number of aromatic amines is 1. The van der Waals surface area contributed by atoms with Crippen LogP contribution in [0.2, 0.25) is 0 Å². The Morgan fingerprint density at radius 2 is 1.65 bits per heavy atom. The van der Waals surface area contributed by atoms with Gasteiger partial charge in [0.2, 0.25) is 17.7 Å². The van der Waals surface area contributed by atoms with E-state index in [-0.39, 0.29) is 30.8 Å². The minimum atomic E-state index is -1.25. The predicted molar refractivity (Wildman–Crippen MR) is 142 cm³/mol. The van der Waals surface area contributed by atoms with Crippen LogP contribution in [0, 0.1) is 0 Å². The highest BCUT2D eigenvalue weighted by atomic mass is 32.2. The Balaban J connectivity index is 2.19. The summed E-state index contributed by atoms with van der Waals surface area (Å²) in [4.78, 5) is 57.0. The van der Waals surface area contributed by atoms with Gasteiger partial charge in [-0.05, 0) is 36.1 Å². The van der Waals surface area contributed by atoms with Gasteiger partial charge in [-0.2, -0.15) is 24.4 Å². The number of hydrogen-bond donors (Lipinski definition) is 8. The molecule has 0 bridgehead atoms. The average molecular weight is 553 g/mol. The van der Waals surface area contributed by atoms with E-state index < -0.39 is 47.9 Å². The van der Waals surface area contributed by atoms with Crippen LogP contribution in [-0.2, 0) is 32.0 Å². The Hall–Kier alpha value is -3.23. The number of phenols is 1. The van der Waals surface area contributed by atoms with Crippen LogP contribution in [0.4, 0.5) is 0 Å². The van der Waals surface area contributed by atoms with Crippen molar-refractivity contribution in [2.24, 2.45) is 5.73 Å². The number of carbonyl (C=O) groups excluding carboxylic acids is 3. The number of amides is 3. The summed E-state index contributed by atoms with van der Waals surface area (Å²) in [6.45, 7) is 0. The molecule has 0 saturated carbocycles. The summed E-state index contributed by atoms with van der Waals surface area (Å²) < 4.78 is 0. The molecule has 2 aromatic rings. The lowest BCUT2D eigenvalue weighted by Crippen LogP contribution is -2.58. The molecule has 8 N–H and O–H groups in total. The minimum Gasteiger partial charge on any atom is -0.508 e. The van der Waals surface area contributed by atoms with Crippen molar-refractivity contribution in [3.05, 3.63) is 48.0 Å². The van der Waals surface area contributed by atoms with Crippen LogP contribution in [0.3, 0.4) is 0 Å². The first kappa shape index (κ1) is 30.0. The highest BCUT2D eigenvalue weighted by Crippen LogP contribution is 2.12. The molecule has 1 aromatic carbocycles. The first-order valence-electron chi connectivity index (χ1n) is 11.4. The third-order valence-electron chi connectivity index (χ3n) is 5.38. The van der Waals surface area contributed by atoms with Crippen LogP contribution in [-0.4, -0.2) is 85.8 Å². The van der Waals surface area contributed by atoms with E-state index in [4.69, 9.17) is 5.73 Å². The molecule has 0 spiro atoms. The summed E-state index contributed by atoms with van der Waals surface area (Å²) in [6.07, 6.45) is 5.29. The third-order valence-corrected chi connectivity index (χ3v) is 6.39. The monoisotopic (exact) mass is 552 g/mol. The first-order valence-corrected chi connectivity index (χ1v) is 13.4. The molecule has 0 aliphatic heterocycles. The number of thiol groups is 1. The van der Waals surface area contributed by atoms with Gasteiger partial charge in [0.25, 0.3) is 0 Å². The van der Waals surface area contributed by atoms with Crippen molar-refractivity contribution in [2.75, 3.05) is 17.8 Å². The molecule has 0 aliphatic carbocycles. The molecule has 1 heterocycles. The number of H-pyrrole nitrogens is 1. The fourth-order valence-electron chi connectivity index (χ4n) is 3.32. The second-order valence-corrected chi connectivity index (χ2v) is 9.59. The number of aliphatic carboxylic acids is 1. The van der Waals surface area contributed by atoms with E-state index in [2.05, 4.69) is 38.5 Å². The lowest BCUT2D eigenvalue weighted by atomic mass is 10.0. The Labute approximate surface area is 224 Å². The van der Waals surface area contributed by atoms with E-state index in [9.17, 15) is 29.4 Å². The van der Waals surface area contributed by atoms with E-state index in [1.807, 2.05) is 6.26 Å². The number of aromatic hydroxyl groups is 1. The lowest BCUT2D eigenvalue weighted by molar-refractivity contribution is -0.141. The van der Waals surface area contributed by atoms with Crippen LogP contribution in [0.25, 0.3) is 0 Å². The zero-order chi connectivity index (χ0) is 27.4. The smallest absolute Gasteiger partial charge is 0.327 e. The zero-order valence-electron chi connectivity index (χ0n) is 20.2. The van der Waals surface area contributed by atoms with Crippen molar-refractivity contribution in [2.45, 2.75) is 43.4 Å². The van der Waals surface area contributed by atoms with Gasteiger partial charge < -0.3 is 36.9 Å². The Bertz CT molecular complexity index is 1040. The maximum absolute atomic E-state index is 13.3. The normalized spacial score (nSPS) is 14.1. The number of thioether (sulfide) groups is 1. The van der Waals surface area contributed by atoms with Crippen LogP contribution in [0.1, 0.15) is 17.7 Å². The molecule has 0 aliphatic rings. The number of phenolic OH excluding ortho intramolecular Hbond substituents is 1. The number of nitrogens with zero attached hydrogens (tertiary/aromatic N) is 1. The quantitative estimate of drug-likeness (QED) is 0.134. The number of nitrogens with one attached hydrogen (secondary N) is 4. The van der Waals surface area contributed by atoms with Crippen molar-refractivity contribution in [1.29, 1.82) is 0 Å². The Morgan fingerprint density at radius 1 is 1.03 bits per heavy atom. The number of benzene rings is 1. The van der Waals surface area contributed by atoms with Gasteiger partial charge in [0.15, 0.2) is 0 Å². The molecule has 0 radical (unpaired) electrons. The molecule has 0 fully saturated rings. The maximum Gasteiger partial charge on any atom is 0.327 e. The molecular weight excluding hydrogens is 520 g/mol. The number of hydrogen-bond acceptors (Lipinski definition) is 9. The number of carboxylic acids is 1. The molecule has 1 aromatic heterocycles. The van der Waals surface area contributed by atoms with E-state index in [0.717, 1.165) is 0 Å². The van der Waals surface area contributed by atoms with Crippen LogP contribution < -0.4 is 21.7 Å². The van der Waals surface area contributed by atoms with Gasteiger partial charge in [-0.15, -0.1) is 0 Å². The van der Waals surface area contributed by atoms with Gasteiger partial charge in [-0.3, -0.25) is 14.4 Å². The molecule has 3 amide bonds. The van der Waals surface area contributed by atoms with Crippen molar-refractivity contribution >= 4 is 48.1 Å². The molecule has 0 saturated heterocycles. The second kappa shape index (κ2) is 15.1. The van der Waals surface area contributed by atoms with Gasteiger partial charge in [0.05, 0.1) is 12.4 Å². The summed E-state index contributed by atoms with van der Waals surface area (Å²) in [5.74, 6) is -2.72. The standard InChI is InChI=1S/C23H32N6O6S2/c1-37-7-6-17(21(32)29-19(11-36)23(34)35)27-22(33)18(8-13-2-4-15(30)5-3-13)28-20(31)16(24)9-14-10-25-12-26-14/h2-5,10,12,16-19,30,36H,6-9,11,24H2,1H3,(H,25,26)(H,27,33)(H,28,31)(H,29,32)(H,34,35). The minimum absolute atomic E-state index is 0.0429. The van der Waals surface area contributed by atoms with Crippen molar-refractivity contribution in [3.63, 3.8) is 0 Å². The number of imidazole rings is 1. The zero-order valence-corrected chi connectivity index (χ0v) is 21.9. The number of aromatic nitrogens is 2. The fraction of sp³-hybridized carbons (Fsp3) is 0.435. The topological polar surface area (TPSA) is 200 Å². The third kappa shape index (κ3) is 9.98. The number of carboxylic acid groups (broad SMARTS) is 1. The van der Waals surface area contributed by atoms with E-state index in [0.29, 0.717) is 17.0 Å². The van der Waals surface area contributed by atoms with Crippen LogP contribution in [0.5, 0.6) is 5.75 Å². The second-order valence-electron chi connectivity index (χ2n) is 8.24. The maximum atomic E-state index is 13.3. The molecule has 14 heteroatoms. The molecule has 37 heavy (non-hydrogen) atoms. The number of nitrogens with two attached hydrogens (primary N) is 1. The summed E-state index contributed by atoms with van der Waals surface area (Å²) >= 11 is 5.40. The molecule has 202 valence electrons. The lowest BCUT2D eigenvalue weighted by Gasteiger charge is -2.25. The summed E-state index contributed by atoms with van der Waals surface area (Å²) in [5.41, 5.74) is 7.32. The van der Waals surface area contributed by atoms with Crippen LogP contribution in [0.15, 0.2) is 36.8 Å². The largest absolute Gasteiger partial charge is 0.508 e. The van der Waals surface area contributed by atoms with Gasteiger partial charge >= 0.3 is 5.97 Å². The van der Waals surface area contributed by atoms with Crippen molar-refractivity contribution in [1.82, 2.24) is 25.9 Å². The highest BCUT2D eigenvalue weighted by Gasteiger charge is 2.30. The van der Waals surface area contributed by atoms with Gasteiger partial charge in [0, 0.05) is 30.5 Å². The first-order chi connectivity index (χ1) is 17.6. The summed E-state index contributed by atoms with van der Waals surface area (Å²) in [7, 11) is 0. The highest BCUT2D eigenvalue weighted by molar-refractivity contribution is 7.98. The number of carbonyl (C=O) groups is 4. The SMILES string of the molecule is CSCCC(NC(=O)C(Cc1ccc(O)cc1)NC(=O)C(N)Cc1cnc[nH]1)C(=O)NC(CS)C(=O)O. The molecular formula is C23H32N6O6S2. The van der Waals surface area contributed by atoms with E-state index in [1.165, 1.54) is 36.4 Å². The van der Waals surface area contributed by atoms with Gasteiger partial charge in [-0.25, -0.2) is 9.78 Å². The number of rotatable bonds is 15. The van der Waals surface area contributed by atoms with Gasteiger partial charge in [-0.1, -0.05) is 12.1 Å². The molecule has 2 rings (SSSR count). The van der Waals surface area contributed by atoms with Crippen molar-refractivity contribution in [3.8, 4) is 5.75 Å². The van der Waals surface area contributed by atoms with Crippen LogP contribution >= 0.6 is 24.4 Å². The Kier molecular flexibility index (Phi) is 12.3. The summed E-state index contributed by atoms with van der Waals surface area (Å²) in [5, 5.41) is 26.5. The molecule has 12 nitrogen and oxygen atoms in total.